The molecule has 0 saturated carbocycles. The summed E-state index contributed by atoms with van der Waals surface area (Å²) in [4.78, 5) is 0. The van der Waals surface area contributed by atoms with Crippen LogP contribution >= 0.6 is 0 Å². The van der Waals surface area contributed by atoms with Crippen molar-refractivity contribution in [3.63, 3.8) is 0 Å². The van der Waals surface area contributed by atoms with E-state index in [1.165, 1.54) is 24.3 Å². The fourth-order valence-electron chi connectivity index (χ4n) is 5.58. The molecule has 0 amide bonds. The van der Waals surface area contributed by atoms with Crippen molar-refractivity contribution in [3.8, 4) is 34.2 Å². The zero-order valence-electron chi connectivity index (χ0n) is 29.9. The van der Waals surface area contributed by atoms with Gasteiger partial charge in [0.15, 0.2) is 5.82 Å². The summed E-state index contributed by atoms with van der Waals surface area (Å²) in [5, 5.41) is 34.0. The van der Waals surface area contributed by atoms with Gasteiger partial charge in [-0.2, -0.15) is 5.10 Å². The van der Waals surface area contributed by atoms with E-state index in [1.807, 2.05) is 35.1 Å². The van der Waals surface area contributed by atoms with Crippen molar-refractivity contribution < 1.29 is 59.2 Å². The van der Waals surface area contributed by atoms with Gasteiger partial charge in [0.1, 0.15) is 17.5 Å². The molecule has 2 radical (unpaired) electrons. The molecule has 2 N–H and O–H groups in total. The Balaban J connectivity index is 0.000000815. The van der Waals surface area contributed by atoms with E-state index in [2.05, 4.69) is 78.4 Å². The molecule has 0 aliphatic carbocycles. The Hall–Kier alpha value is -3.76. The Bertz CT molecular complexity index is 1810. The molecule has 6 rings (SSSR count). The third-order valence-corrected chi connectivity index (χ3v) is 7.78. The summed E-state index contributed by atoms with van der Waals surface area (Å²) in [7, 11) is 0. The van der Waals surface area contributed by atoms with Gasteiger partial charge < -0.3 is 14.8 Å². The smallest absolute Gasteiger partial charge is 0.168 e. The first kappa shape index (κ1) is 49.2. The summed E-state index contributed by atoms with van der Waals surface area (Å²) in [5.41, 5.74) is 8.30. The van der Waals surface area contributed by atoms with Crippen LogP contribution < -0.4 is 0 Å². The van der Waals surface area contributed by atoms with Gasteiger partial charge in [-0.25, -0.2) is 4.39 Å². The van der Waals surface area contributed by atoms with Crippen molar-refractivity contribution in [2.24, 2.45) is 0 Å². The van der Waals surface area contributed by atoms with Gasteiger partial charge in [0.25, 0.3) is 0 Å². The molecular weight excluding hydrogens is 1030 g/mol. The van der Waals surface area contributed by atoms with Crippen molar-refractivity contribution in [1.29, 1.82) is 0 Å². The van der Waals surface area contributed by atoms with E-state index < -0.39 is 0 Å². The molecule has 2 atom stereocenters. The molecule has 0 spiro atoms. The van der Waals surface area contributed by atoms with Crippen molar-refractivity contribution in [2.45, 2.75) is 88.9 Å². The van der Waals surface area contributed by atoms with Crippen molar-refractivity contribution in [3.05, 3.63) is 130 Å². The van der Waals surface area contributed by atoms with E-state index >= 15 is 0 Å². The molecule has 2 unspecified atom stereocenters. The van der Waals surface area contributed by atoms with E-state index in [-0.39, 0.29) is 78.9 Å². The monoisotopic (exact) mass is 1080 g/mol. The van der Waals surface area contributed by atoms with E-state index in [9.17, 15) is 8.78 Å². The molecule has 0 aliphatic rings. The van der Waals surface area contributed by atoms with Crippen molar-refractivity contribution in [2.75, 3.05) is 0 Å². The normalized spacial score (nSPS) is 11.1. The summed E-state index contributed by atoms with van der Waals surface area (Å²) >= 11 is 0. The van der Waals surface area contributed by atoms with Gasteiger partial charge in [0, 0.05) is 57.3 Å². The summed E-state index contributed by atoms with van der Waals surface area (Å²) in [6.07, 6.45) is -0.278. The van der Waals surface area contributed by atoms with Crippen LogP contribution in [0.2, 0.25) is 0 Å². The summed E-state index contributed by atoms with van der Waals surface area (Å²) in [5.74, 6) is 2.43. The summed E-state index contributed by atoms with van der Waals surface area (Å²) < 4.78 is 30.2. The number of aliphatic hydroxyl groups is 2. The predicted octanol–water partition coefficient (Wildman–Crippen LogP) is 9.20. The van der Waals surface area contributed by atoms with Crippen LogP contribution in [0.15, 0.2) is 78.9 Å². The standard InChI is InChI=1S/C17H16FN3.C17H15FN3.C5H12O2.2CH4.2Ir/c2*1-11-5-4-6-12(2)16(11)21-13(3)19-20-17(21)14-7-9-15(18)10-8-14;1-4(6)3-5(2)7;;;;/h4-10H,1-3H3;4-7,9-10H,1-3H3;4-7H,3H2,1-2H3;2*1H4;;/q;-1;;;;;. The van der Waals surface area contributed by atoms with Crippen molar-refractivity contribution in [1.82, 2.24) is 29.5 Å². The second-order valence-electron chi connectivity index (χ2n) is 12.2. The van der Waals surface area contributed by atoms with Gasteiger partial charge in [0.05, 0.1) is 23.7 Å². The fraction of sp³-hybridized carbons (Fsp3) is 0.317. The first-order chi connectivity index (χ1) is 23.3. The largest absolute Gasteiger partial charge is 0.393 e. The predicted molar refractivity (Wildman–Crippen MR) is 202 cm³/mol. The first-order valence-corrected chi connectivity index (χ1v) is 16.0. The van der Waals surface area contributed by atoms with Gasteiger partial charge in [-0.05, 0) is 108 Å². The number of hydrogen-bond donors (Lipinski definition) is 2. The molecule has 0 aliphatic heterocycles. The fourth-order valence-corrected chi connectivity index (χ4v) is 5.58. The third kappa shape index (κ3) is 12.7. The minimum Gasteiger partial charge on any atom is -0.393 e. The zero-order chi connectivity index (χ0) is 35.8. The van der Waals surface area contributed by atoms with Crippen LogP contribution in [0.3, 0.4) is 0 Å². The Morgan fingerprint density at radius 2 is 0.981 bits per heavy atom. The average Bonchev–Trinajstić information content (AvgIpc) is 3.60. The minimum atomic E-state index is -0.375. The third-order valence-electron chi connectivity index (χ3n) is 7.78. The van der Waals surface area contributed by atoms with E-state index in [4.69, 9.17) is 10.2 Å². The number of benzene rings is 4. The average molecular weight is 1080 g/mol. The molecule has 12 heteroatoms. The molecule has 8 nitrogen and oxygen atoms in total. The molecular formula is C41H51F2Ir2N6O2-. The number of halogens is 2. The molecule has 2 heterocycles. The maximum atomic E-state index is 13.1. The summed E-state index contributed by atoms with van der Waals surface area (Å²) in [6, 6.07) is 25.9. The first-order valence-electron chi connectivity index (χ1n) is 16.0. The van der Waals surface area contributed by atoms with Crippen LogP contribution in [0.5, 0.6) is 0 Å². The molecule has 2 aromatic heterocycles. The number of aromatic nitrogens is 6. The number of aryl methyl sites for hydroxylation is 6. The summed E-state index contributed by atoms with van der Waals surface area (Å²) in [6.45, 7) is 15.4. The van der Waals surface area contributed by atoms with Gasteiger partial charge in [-0.15, -0.1) is 45.1 Å². The molecule has 0 saturated heterocycles. The maximum Gasteiger partial charge on any atom is 0.168 e. The van der Waals surface area contributed by atoms with E-state index in [0.717, 1.165) is 62.2 Å². The quantitative estimate of drug-likeness (QED) is 0.162. The minimum absolute atomic E-state index is 0. The second kappa shape index (κ2) is 22.5. The van der Waals surface area contributed by atoms with Crippen LogP contribution in [-0.2, 0) is 40.2 Å². The number of nitrogens with zero attached hydrogens (tertiary/aromatic N) is 6. The van der Waals surface area contributed by atoms with Crippen LogP contribution in [0.25, 0.3) is 34.2 Å². The number of hydrogen-bond acceptors (Lipinski definition) is 6. The Kier molecular flexibility index (Phi) is 20.9. The van der Waals surface area contributed by atoms with Gasteiger partial charge >= 0.3 is 0 Å². The van der Waals surface area contributed by atoms with Crippen LogP contribution in [0.1, 0.15) is 69.0 Å². The van der Waals surface area contributed by atoms with E-state index in [0.29, 0.717) is 12.2 Å². The number of aliphatic hydroxyl groups excluding tert-OH is 2. The Labute approximate surface area is 340 Å². The molecule has 6 aromatic rings. The number of rotatable bonds is 6. The Morgan fingerprint density at radius 1 is 0.585 bits per heavy atom. The zero-order valence-corrected chi connectivity index (χ0v) is 34.7. The topological polar surface area (TPSA) is 102 Å². The molecule has 4 aromatic carbocycles. The molecule has 290 valence electrons. The second-order valence-corrected chi connectivity index (χ2v) is 12.2. The SMILES string of the molecule is C.C.CC(O)CC(C)O.Cc1cccc(C)c1-n1c(C)nnc1-c1[c-]cc(F)cc1.Cc1cccc(C)c1-n1c(C)nnc1-c1ccc(F)cc1.[Ir].[Ir]. The molecule has 0 bridgehead atoms. The molecule has 0 fully saturated rings. The van der Waals surface area contributed by atoms with Crippen molar-refractivity contribution >= 4 is 0 Å². The van der Waals surface area contributed by atoms with Crippen LogP contribution in [0, 0.1) is 59.2 Å². The van der Waals surface area contributed by atoms with Gasteiger partial charge in [-0.1, -0.05) is 51.3 Å². The van der Waals surface area contributed by atoms with Crippen LogP contribution in [-0.4, -0.2) is 51.9 Å². The van der Waals surface area contributed by atoms with Crippen LogP contribution in [0.4, 0.5) is 8.78 Å². The number of para-hydroxylation sites is 2. The van der Waals surface area contributed by atoms with Gasteiger partial charge in [0.2, 0.25) is 0 Å². The Morgan fingerprint density at radius 3 is 1.36 bits per heavy atom. The van der Waals surface area contributed by atoms with E-state index in [1.54, 1.807) is 32.0 Å². The maximum absolute atomic E-state index is 13.1. The molecule has 53 heavy (non-hydrogen) atoms. The van der Waals surface area contributed by atoms with Gasteiger partial charge in [-0.3, -0.25) is 8.96 Å².